The average Bonchev–Trinajstić information content (AvgIpc) is 3.58. The van der Waals surface area contributed by atoms with Gasteiger partial charge in [-0.3, -0.25) is 14.1 Å². The highest BCUT2D eigenvalue weighted by Gasteiger charge is 2.31. The van der Waals surface area contributed by atoms with Gasteiger partial charge in [-0.1, -0.05) is 45.0 Å². The molecule has 0 radical (unpaired) electrons. The highest BCUT2D eigenvalue weighted by atomic mass is 16.5. The zero-order valence-corrected chi connectivity index (χ0v) is 25.1. The summed E-state index contributed by atoms with van der Waals surface area (Å²) in [7, 11) is 2.13. The fraction of sp³-hybridized carbons (Fsp3) is 0.394. The molecule has 4 aromatic rings. The fourth-order valence-electron chi connectivity index (χ4n) is 6.21. The molecule has 1 saturated heterocycles. The molecule has 1 aliphatic heterocycles. The van der Waals surface area contributed by atoms with Crippen LogP contribution in [0.2, 0.25) is 0 Å². The Morgan fingerprint density at radius 2 is 1.79 bits per heavy atom. The first kappa shape index (κ1) is 28.7. The predicted molar refractivity (Wildman–Crippen MR) is 165 cm³/mol. The minimum Gasteiger partial charge on any atom is -0.484 e. The molecule has 2 aromatic heterocycles. The van der Waals surface area contributed by atoms with Gasteiger partial charge in [0.25, 0.3) is 0 Å². The van der Waals surface area contributed by atoms with Crippen molar-refractivity contribution >= 4 is 23.3 Å². The Morgan fingerprint density at radius 1 is 1.00 bits per heavy atom. The van der Waals surface area contributed by atoms with Gasteiger partial charge in [0.05, 0.1) is 18.3 Å². The molecular weight excluding hydrogens is 542 g/mol. The van der Waals surface area contributed by atoms with E-state index in [4.69, 9.17) is 10.5 Å². The number of hydrogen-bond acceptors (Lipinski definition) is 6. The number of likely N-dealkylation sites (tertiary alicyclic amines) is 1. The molecule has 10 heteroatoms. The fourth-order valence-corrected chi connectivity index (χ4v) is 6.21. The second-order valence-corrected chi connectivity index (χ2v) is 12.7. The Labute approximate surface area is 251 Å². The van der Waals surface area contributed by atoms with Crippen LogP contribution in [-0.2, 0) is 5.41 Å². The molecule has 3 heterocycles. The summed E-state index contributed by atoms with van der Waals surface area (Å²) in [4.78, 5) is 27.4. The van der Waals surface area contributed by atoms with Crippen LogP contribution >= 0.6 is 0 Å². The lowest BCUT2D eigenvalue weighted by Gasteiger charge is -2.32. The third-order valence-electron chi connectivity index (χ3n) is 8.58. The summed E-state index contributed by atoms with van der Waals surface area (Å²) >= 11 is 0. The van der Waals surface area contributed by atoms with Gasteiger partial charge in [0.15, 0.2) is 11.5 Å². The number of nitrogens with two attached hydrogens (primary N) is 1. The maximum atomic E-state index is 13.2. The first-order chi connectivity index (χ1) is 20.6. The molecule has 2 aliphatic rings. The lowest BCUT2D eigenvalue weighted by molar-refractivity contribution is 0.1000. The molecule has 224 valence electrons. The Balaban J connectivity index is 1.19. The molecular formula is C33H39N7O3. The predicted octanol–water partition coefficient (Wildman–Crippen LogP) is 5.67. The third kappa shape index (κ3) is 5.92. The van der Waals surface area contributed by atoms with Crippen molar-refractivity contribution in [3.8, 4) is 5.75 Å². The number of amides is 3. The SMILES string of the molecule is CN1CCCC1c1nnc2ccc(O[C@@H]3CC[C@H](NC(=O)Nc4cc(C(N)=O)cc(C(C)(C)C)c4)c4ccccc43)cn12. The largest absolute Gasteiger partial charge is 0.484 e. The Hall–Kier alpha value is -4.44. The van der Waals surface area contributed by atoms with Crippen LogP contribution in [0.15, 0.2) is 60.8 Å². The molecule has 0 spiro atoms. The van der Waals surface area contributed by atoms with E-state index in [1.165, 1.54) is 0 Å². The standard InChI is InChI=1S/C33H39N7O3/c1-33(2,3)21-16-20(30(34)41)17-22(18-21)35-32(42)36-26-12-13-28(25-9-6-5-8-24(25)26)43-23-11-14-29-37-38-31(40(29)19-23)27-10-7-15-39(27)4/h5-6,8-9,11,14,16-19,26-28H,7,10,12-13,15H2,1-4H3,(H2,34,41)(H2,35,36,42)/t26-,27?,28+/m0/s1. The van der Waals surface area contributed by atoms with Crippen LogP contribution in [-0.4, -0.2) is 45.0 Å². The number of aromatic nitrogens is 3. The van der Waals surface area contributed by atoms with E-state index >= 15 is 0 Å². The number of hydrogen-bond donors (Lipinski definition) is 3. The number of rotatable bonds is 6. The molecule has 43 heavy (non-hydrogen) atoms. The molecule has 1 fully saturated rings. The van der Waals surface area contributed by atoms with Crippen LogP contribution in [0.25, 0.3) is 5.65 Å². The van der Waals surface area contributed by atoms with Crippen molar-refractivity contribution in [3.05, 3.63) is 88.9 Å². The number of nitrogens with zero attached hydrogens (tertiary/aromatic N) is 4. The number of anilines is 1. The summed E-state index contributed by atoms with van der Waals surface area (Å²) in [5.74, 6) is 1.16. The minimum absolute atomic E-state index is 0.162. The molecule has 10 nitrogen and oxygen atoms in total. The number of fused-ring (bicyclic) bond motifs is 2. The van der Waals surface area contributed by atoms with Crippen molar-refractivity contribution in [2.75, 3.05) is 18.9 Å². The number of pyridine rings is 1. The molecule has 3 amide bonds. The first-order valence-electron chi connectivity index (χ1n) is 14.9. The van der Waals surface area contributed by atoms with Crippen molar-refractivity contribution in [1.82, 2.24) is 24.8 Å². The second kappa shape index (κ2) is 11.3. The quantitative estimate of drug-likeness (QED) is 0.269. The van der Waals surface area contributed by atoms with Crippen LogP contribution < -0.4 is 21.1 Å². The minimum atomic E-state index is -0.535. The number of carbonyl (C=O) groups is 2. The number of ether oxygens (including phenoxy) is 1. The third-order valence-corrected chi connectivity index (χ3v) is 8.58. The van der Waals surface area contributed by atoms with Gasteiger partial charge in [-0.15, -0.1) is 10.2 Å². The molecule has 6 rings (SSSR count). The highest BCUT2D eigenvalue weighted by molar-refractivity contribution is 5.96. The summed E-state index contributed by atoms with van der Waals surface area (Å²) in [6, 6.07) is 16.9. The maximum absolute atomic E-state index is 13.2. The molecule has 0 bridgehead atoms. The van der Waals surface area contributed by atoms with E-state index < -0.39 is 5.91 Å². The maximum Gasteiger partial charge on any atom is 0.319 e. The van der Waals surface area contributed by atoms with Crippen LogP contribution in [0.3, 0.4) is 0 Å². The van der Waals surface area contributed by atoms with Crippen molar-refractivity contribution in [1.29, 1.82) is 0 Å². The lowest BCUT2D eigenvalue weighted by Crippen LogP contribution is -2.35. The Morgan fingerprint density at radius 3 is 2.51 bits per heavy atom. The van der Waals surface area contributed by atoms with Crippen molar-refractivity contribution in [2.45, 2.75) is 70.1 Å². The Kier molecular flexibility index (Phi) is 7.56. The van der Waals surface area contributed by atoms with E-state index in [0.29, 0.717) is 17.7 Å². The van der Waals surface area contributed by atoms with Crippen molar-refractivity contribution in [2.24, 2.45) is 5.73 Å². The Bertz CT molecular complexity index is 1670. The van der Waals surface area contributed by atoms with E-state index in [2.05, 4.69) is 38.8 Å². The van der Waals surface area contributed by atoms with Gasteiger partial charge in [0.1, 0.15) is 11.9 Å². The zero-order valence-electron chi connectivity index (χ0n) is 25.1. The second-order valence-electron chi connectivity index (χ2n) is 12.7. The van der Waals surface area contributed by atoms with E-state index in [0.717, 1.165) is 59.7 Å². The van der Waals surface area contributed by atoms with Gasteiger partial charge < -0.3 is 21.1 Å². The highest BCUT2D eigenvalue weighted by Crippen LogP contribution is 2.39. The number of primary amides is 1. The van der Waals surface area contributed by atoms with Crippen molar-refractivity contribution in [3.63, 3.8) is 0 Å². The van der Waals surface area contributed by atoms with Gasteiger partial charge in [0.2, 0.25) is 5.91 Å². The summed E-state index contributed by atoms with van der Waals surface area (Å²) in [5, 5.41) is 14.9. The summed E-state index contributed by atoms with van der Waals surface area (Å²) < 4.78 is 8.62. The lowest BCUT2D eigenvalue weighted by atomic mass is 9.85. The average molecular weight is 582 g/mol. The number of carbonyl (C=O) groups excluding carboxylic acids is 2. The van der Waals surface area contributed by atoms with E-state index in [1.807, 2.05) is 67.8 Å². The number of benzene rings is 2. The summed E-state index contributed by atoms with van der Waals surface area (Å²) in [5.41, 5.74) is 10.0. The van der Waals surface area contributed by atoms with E-state index in [-0.39, 0.29) is 29.6 Å². The number of nitrogens with one attached hydrogen (secondary N) is 2. The first-order valence-corrected chi connectivity index (χ1v) is 14.9. The summed E-state index contributed by atoms with van der Waals surface area (Å²) in [6.45, 7) is 7.20. The normalized spacial score (nSPS) is 20.5. The smallest absolute Gasteiger partial charge is 0.319 e. The van der Waals surface area contributed by atoms with Gasteiger partial charge in [-0.25, -0.2) is 4.79 Å². The number of urea groups is 1. The van der Waals surface area contributed by atoms with Crippen LogP contribution in [0, 0.1) is 0 Å². The molecule has 2 aromatic carbocycles. The summed E-state index contributed by atoms with van der Waals surface area (Å²) in [6.07, 6.45) is 5.47. The van der Waals surface area contributed by atoms with E-state index in [9.17, 15) is 9.59 Å². The van der Waals surface area contributed by atoms with Crippen LogP contribution in [0.4, 0.5) is 10.5 Å². The molecule has 1 unspecified atom stereocenters. The molecule has 3 atom stereocenters. The topological polar surface area (TPSA) is 127 Å². The van der Waals surface area contributed by atoms with Crippen molar-refractivity contribution < 1.29 is 14.3 Å². The molecule has 1 aliphatic carbocycles. The van der Waals surface area contributed by atoms with Gasteiger partial charge >= 0.3 is 6.03 Å². The molecule has 4 N–H and O–H groups in total. The van der Waals surface area contributed by atoms with Gasteiger partial charge in [0, 0.05) is 11.3 Å². The monoisotopic (exact) mass is 581 g/mol. The van der Waals surface area contributed by atoms with Crippen LogP contribution in [0.5, 0.6) is 5.75 Å². The van der Waals surface area contributed by atoms with Crippen LogP contribution in [0.1, 0.15) is 97.5 Å². The zero-order chi connectivity index (χ0) is 30.3. The van der Waals surface area contributed by atoms with E-state index in [1.54, 1.807) is 12.1 Å². The van der Waals surface area contributed by atoms with Gasteiger partial charge in [-0.2, -0.15) is 0 Å². The molecule has 0 saturated carbocycles. The van der Waals surface area contributed by atoms with Gasteiger partial charge in [-0.05, 0) is 91.7 Å².